The molecule has 0 aliphatic carbocycles. The zero-order chi connectivity index (χ0) is 21.9. The van der Waals surface area contributed by atoms with Crippen LogP contribution in [0.1, 0.15) is 18.3 Å². The van der Waals surface area contributed by atoms with Gasteiger partial charge in [-0.3, -0.25) is 4.99 Å². The number of rotatable bonds is 10. The Hall–Kier alpha value is -2.75. The van der Waals surface area contributed by atoms with Gasteiger partial charge in [0, 0.05) is 32.1 Å². The first-order valence-electron chi connectivity index (χ1n) is 10.5. The highest BCUT2D eigenvalue weighted by atomic mass is 127. The number of nitrogens with zero attached hydrogens (tertiary/aromatic N) is 3. The molecule has 1 aromatic heterocycles. The molecule has 3 rings (SSSR count). The summed E-state index contributed by atoms with van der Waals surface area (Å²) in [7, 11) is 3.40. The quantitative estimate of drug-likeness (QED) is 0.228. The summed E-state index contributed by atoms with van der Waals surface area (Å²) in [4.78, 5) is 8.78. The number of imidazole rings is 1. The van der Waals surface area contributed by atoms with Crippen molar-refractivity contribution in [3.63, 3.8) is 0 Å². The molecule has 8 heteroatoms. The molecule has 172 valence electrons. The van der Waals surface area contributed by atoms with Crippen LogP contribution in [-0.4, -0.2) is 42.3 Å². The number of guanidine groups is 1. The Bertz CT molecular complexity index is 962. The van der Waals surface area contributed by atoms with Gasteiger partial charge >= 0.3 is 0 Å². The van der Waals surface area contributed by atoms with Crippen molar-refractivity contribution in [2.75, 3.05) is 20.7 Å². The summed E-state index contributed by atoms with van der Waals surface area (Å²) < 4.78 is 13.4. The fourth-order valence-electron chi connectivity index (χ4n) is 3.18. The molecule has 7 nitrogen and oxygen atoms in total. The predicted octanol–water partition coefficient (Wildman–Crippen LogP) is 3.88. The van der Waals surface area contributed by atoms with Crippen molar-refractivity contribution in [2.24, 2.45) is 4.99 Å². The van der Waals surface area contributed by atoms with Gasteiger partial charge in [-0.1, -0.05) is 36.4 Å². The van der Waals surface area contributed by atoms with Crippen molar-refractivity contribution >= 4 is 29.9 Å². The number of aliphatic imine (C=N–C) groups is 1. The molecule has 0 spiro atoms. The zero-order valence-corrected chi connectivity index (χ0v) is 21.2. The molecule has 0 aliphatic rings. The minimum Gasteiger partial charge on any atom is -0.497 e. The Labute approximate surface area is 207 Å². The number of methoxy groups -OCH3 is 1. The second kappa shape index (κ2) is 13.6. The van der Waals surface area contributed by atoms with Crippen LogP contribution in [0, 0.1) is 0 Å². The molecule has 2 aromatic carbocycles. The highest BCUT2D eigenvalue weighted by Gasteiger charge is 2.08. The van der Waals surface area contributed by atoms with Crippen molar-refractivity contribution in [1.29, 1.82) is 0 Å². The number of ether oxygens (including phenoxy) is 2. The van der Waals surface area contributed by atoms with E-state index in [4.69, 9.17) is 9.47 Å². The second-order valence-corrected chi connectivity index (χ2v) is 7.19. The van der Waals surface area contributed by atoms with Gasteiger partial charge in [-0.2, -0.15) is 0 Å². The lowest BCUT2D eigenvalue weighted by Gasteiger charge is -2.18. The molecule has 0 amide bonds. The summed E-state index contributed by atoms with van der Waals surface area (Å²) >= 11 is 0. The SMILES string of the molecule is CN=C(NCc1nccn1CCc1ccccc1)NCC(C)Oc1cccc(OC)c1.I. The summed E-state index contributed by atoms with van der Waals surface area (Å²) in [6, 6.07) is 18.1. The molecule has 0 aliphatic heterocycles. The number of hydrogen-bond donors (Lipinski definition) is 2. The van der Waals surface area contributed by atoms with Crippen LogP contribution in [0.25, 0.3) is 0 Å². The van der Waals surface area contributed by atoms with Crippen LogP contribution in [0.2, 0.25) is 0 Å². The first kappa shape index (κ1) is 25.5. The number of aromatic nitrogens is 2. The maximum absolute atomic E-state index is 5.95. The van der Waals surface area contributed by atoms with E-state index in [1.807, 2.05) is 49.6 Å². The Balaban J connectivity index is 0.00000363. The first-order chi connectivity index (χ1) is 15.2. The van der Waals surface area contributed by atoms with E-state index in [0.717, 1.165) is 30.3 Å². The molecular weight excluding hydrogens is 517 g/mol. The van der Waals surface area contributed by atoms with Gasteiger partial charge in [0.2, 0.25) is 0 Å². The van der Waals surface area contributed by atoms with Gasteiger partial charge in [-0.25, -0.2) is 4.98 Å². The summed E-state index contributed by atoms with van der Waals surface area (Å²) in [6.07, 6.45) is 4.78. The van der Waals surface area contributed by atoms with Crippen LogP contribution in [0.3, 0.4) is 0 Å². The number of halogens is 1. The third-order valence-corrected chi connectivity index (χ3v) is 4.86. The molecular formula is C24H32IN5O2. The smallest absolute Gasteiger partial charge is 0.191 e. The summed E-state index contributed by atoms with van der Waals surface area (Å²) in [5, 5.41) is 6.63. The third-order valence-electron chi connectivity index (χ3n) is 4.86. The molecule has 32 heavy (non-hydrogen) atoms. The van der Waals surface area contributed by atoms with Crippen LogP contribution in [0.15, 0.2) is 72.0 Å². The Morgan fingerprint density at radius 1 is 1.09 bits per heavy atom. The molecule has 3 aromatic rings. The molecule has 0 saturated carbocycles. The van der Waals surface area contributed by atoms with E-state index in [9.17, 15) is 0 Å². The average molecular weight is 549 g/mol. The fourth-order valence-corrected chi connectivity index (χ4v) is 3.18. The molecule has 0 bridgehead atoms. The summed E-state index contributed by atoms with van der Waals surface area (Å²) in [5.41, 5.74) is 1.32. The van der Waals surface area contributed by atoms with Crippen LogP contribution in [0.4, 0.5) is 0 Å². The van der Waals surface area contributed by atoms with Gasteiger partial charge in [0.05, 0.1) is 20.2 Å². The highest BCUT2D eigenvalue weighted by Crippen LogP contribution is 2.19. The van der Waals surface area contributed by atoms with Crippen LogP contribution in [-0.2, 0) is 19.5 Å². The maximum Gasteiger partial charge on any atom is 0.191 e. The standard InChI is InChI=1S/C24H31N5O2.HI/c1-19(31-22-11-7-10-21(16-22)30-3)17-27-24(25-2)28-18-23-26-13-15-29(23)14-12-20-8-5-4-6-9-20;/h4-11,13,15-16,19H,12,14,17-18H2,1-3H3,(H2,25,27,28);1H. The number of benzene rings is 2. The van der Waals surface area contributed by atoms with Gasteiger partial charge in [-0.05, 0) is 31.0 Å². The minimum absolute atomic E-state index is 0. The molecule has 0 radical (unpaired) electrons. The largest absolute Gasteiger partial charge is 0.497 e. The van der Waals surface area contributed by atoms with E-state index >= 15 is 0 Å². The molecule has 1 unspecified atom stereocenters. The van der Waals surface area contributed by atoms with Gasteiger partial charge in [0.25, 0.3) is 0 Å². The molecule has 1 heterocycles. The van der Waals surface area contributed by atoms with E-state index in [-0.39, 0.29) is 30.1 Å². The molecule has 2 N–H and O–H groups in total. The lowest BCUT2D eigenvalue weighted by molar-refractivity contribution is 0.223. The van der Waals surface area contributed by atoms with Crippen LogP contribution >= 0.6 is 24.0 Å². The molecule has 0 fully saturated rings. The topological polar surface area (TPSA) is 72.7 Å². The minimum atomic E-state index is -0.0430. The second-order valence-electron chi connectivity index (χ2n) is 7.19. The highest BCUT2D eigenvalue weighted by molar-refractivity contribution is 14.0. The van der Waals surface area contributed by atoms with E-state index in [2.05, 4.69) is 49.4 Å². The van der Waals surface area contributed by atoms with E-state index in [1.165, 1.54) is 5.56 Å². The molecule has 0 saturated heterocycles. The van der Waals surface area contributed by atoms with Crippen molar-refractivity contribution in [3.8, 4) is 11.5 Å². The fraction of sp³-hybridized carbons (Fsp3) is 0.333. The number of nitrogens with one attached hydrogen (secondary N) is 2. The zero-order valence-electron chi connectivity index (χ0n) is 18.8. The lowest BCUT2D eigenvalue weighted by Crippen LogP contribution is -2.41. The number of hydrogen-bond acceptors (Lipinski definition) is 4. The van der Waals surface area contributed by atoms with E-state index in [0.29, 0.717) is 19.0 Å². The molecule has 1 atom stereocenters. The van der Waals surface area contributed by atoms with Crippen LogP contribution < -0.4 is 20.1 Å². The van der Waals surface area contributed by atoms with Gasteiger partial charge < -0.3 is 24.7 Å². The van der Waals surface area contributed by atoms with Gasteiger partial charge in [-0.15, -0.1) is 24.0 Å². The predicted molar refractivity (Wildman–Crippen MR) is 139 cm³/mol. The summed E-state index contributed by atoms with van der Waals surface area (Å²) in [5.74, 6) is 3.23. The van der Waals surface area contributed by atoms with Crippen molar-refractivity contribution in [2.45, 2.75) is 32.5 Å². The van der Waals surface area contributed by atoms with E-state index < -0.39 is 0 Å². The Morgan fingerprint density at radius 2 is 1.88 bits per heavy atom. The average Bonchev–Trinajstić information content (AvgIpc) is 3.26. The van der Waals surface area contributed by atoms with Crippen molar-refractivity contribution in [1.82, 2.24) is 20.2 Å². The third kappa shape index (κ3) is 8.07. The van der Waals surface area contributed by atoms with Gasteiger partial charge in [0.1, 0.15) is 23.4 Å². The number of aryl methyl sites for hydroxylation is 2. The first-order valence-corrected chi connectivity index (χ1v) is 10.5. The monoisotopic (exact) mass is 549 g/mol. The Kier molecular flexibility index (Phi) is 10.9. The van der Waals surface area contributed by atoms with Gasteiger partial charge in [0.15, 0.2) is 5.96 Å². The van der Waals surface area contributed by atoms with Crippen LogP contribution in [0.5, 0.6) is 11.5 Å². The lowest BCUT2D eigenvalue weighted by atomic mass is 10.1. The Morgan fingerprint density at radius 3 is 2.62 bits per heavy atom. The summed E-state index contributed by atoms with van der Waals surface area (Å²) in [6.45, 7) is 4.10. The van der Waals surface area contributed by atoms with Crippen molar-refractivity contribution in [3.05, 3.63) is 78.4 Å². The van der Waals surface area contributed by atoms with Crippen molar-refractivity contribution < 1.29 is 9.47 Å². The maximum atomic E-state index is 5.95. The normalized spacial score (nSPS) is 11.9. The van der Waals surface area contributed by atoms with E-state index in [1.54, 1.807) is 14.2 Å².